The fourth-order valence-corrected chi connectivity index (χ4v) is 1.54. The zero-order valence-electron chi connectivity index (χ0n) is 8.35. The second kappa shape index (κ2) is 4.17. The molecule has 120 valence electrons. The average Bonchev–Trinajstić information content (AvgIpc) is 2.32. The molecule has 0 saturated carbocycles. The molecule has 1 heterocycles. The van der Waals surface area contributed by atoms with Crippen molar-refractivity contribution in [3.8, 4) is 0 Å². The monoisotopic (exact) mass is 364 g/mol. The van der Waals surface area contributed by atoms with Crippen LogP contribution in [0.5, 0.6) is 0 Å². The minimum atomic E-state index is -6.64. The Labute approximate surface area is 112 Å². The second-order valence-corrected chi connectivity index (χ2v) is 4.44. The fraction of sp³-hybridized carbons (Fsp3) is 1.00. The first kappa shape index (κ1) is 17.9. The van der Waals surface area contributed by atoms with Crippen LogP contribution in [-0.2, 0) is 9.47 Å². The Morgan fingerprint density at radius 2 is 1.00 bits per heavy atom. The van der Waals surface area contributed by atoms with Gasteiger partial charge in [0.1, 0.15) is 0 Å². The molecule has 0 aromatic rings. The number of ether oxygens (including phenoxy) is 2. The van der Waals surface area contributed by atoms with Gasteiger partial charge >= 0.3 is 34.7 Å². The van der Waals surface area contributed by atoms with Crippen molar-refractivity contribution in [1.82, 2.24) is 0 Å². The van der Waals surface area contributed by atoms with E-state index >= 15 is 0 Å². The van der Waals surface area contributed by atoms with Crippen molar-refractivity contribution >= 4 is 23.2 Å². The molecule has 1 aliphatic rings. The van der Waals surface area contributed by atoms with Crippen LogP contribution in [0.3, 0.4) is 0 Å². The second-order valence-electron chi connectivity index (χ2n) is 3.43. The van der Waals surface area contributed by atoms with Gasteiger partial charge in [0, 0.05) is 0 Å². The van der Waals surface area contributed by atoms with E-state index in [0.717, 1.165) is 0 Å². The molecule has 20 heavy (non-hydrogen) atoms. The van der Waals surface area contributed by atoms with Crippen LogP contribution >= 0.6 is 23.2 Å². The normalized spacial score (nSPS) is 35.4. The topological polar surface area (TPSA) is 18.5 Å². The van der Waals surface area contributed by atoms with E-state index in [-0.39, 0.29) is 0 Å². The lowest BCUT2D eigenvalue weighted by molar-refractivity contribution is -0.455. The highest BCUT2D eigenvalue weighted by molar-refractivity contribution is 6.33. The van der Waals surface area contributed by atoms with E-state index in [1.807, 2.05) is 0 Å². The summed E-state index contributed by atoms with van der Waals surface area (Å²) in [7, 11) is 0. The largest absolute Gasteiger partial charge is 0.453 e. The summed E-state index contributed by atoms with van der Waals surface area (Å²) in [6.07, 6.45) is -19.5. The molecule has 0 aromatic carbocycles. The van der Waals surface area contributed by atoms with E-state index in [0.29, 0.717) is 0 Å². The zero-order chi connectivity index (χ0) is 16.4. The molecule has 1 rings (SSSR count). The zero-order valence-corrected chi connectivity index (χ0v) is 9.86. The average molecular weight is 365 g/mol. The summed E-state index contributed by atoms with van der Waals surface area (Å²) in [6, 6.07) is 0. The number of rotatable bonds is 0. The van der Waals surface area contributed by atoms with Crippen LogP contribution < -0.4 is 0 Å². The maximum absolute atomic E-state index is 13.3. The molecular weight excluding hydrogens is 365 g/mol. The van der Waals surface area contributed by atoms with Crippen molar-refractivity contribution in [2.24, 2.45) is 0 Å². The van der Waals surface area contributed by atoms with Crippen LogP contribution in [0, 0.1) is 0 Å². The summed E-state index contributed by atoms with van der Waals surface area (Å²) in [5.74, 6) is -5.96. The SMILES string of the molecule is FC(F)(F)C1(Cl)OC(C(F)(F)F)(C(F)(F)F)OC1(F)Cl. The molecule has 2 unspecified atom stereocenters. The Hall–Kier alpha value is -0.200. The summed E-state index contributed by atoms with van der Waals surface area (Å²) in [5, 5.41) is -10.4. The van der Waals surface area contributed by atoms with Gasteiger partial charge in [-0.05, 0) is 11.6 Å². The van der Waals surface area contributed by atoms with E-state index in [1.165, 1.54) is 0 Å². The highest BCUT2D eigenvalue weighted by Gasteiger charge is 2.90. The van der Waals surface area contributed by atoms with Crippen LogP contribution in [0.1, 0.15) is 0 Å². The van der Waals surface area contributed by atoms with Crippen LogP contribution in [0.2, 0.25) is 0 Å². The van der Waals surface area contributed by atoms with Gasteiger partial charge < -0.3 is 0 Å². The van der Waals surface area contributed by atoms with E-state index in [9.17, 15) is 43.9 Å². The molecule has 0 spiro atoms. The Balaban J connectivity index is 3.52. The Morgan fingerprint density at radius 1 is 0.650 bits per heavy atom. The first-order chi connectivity index (χ1) is 8.41. The number of hydrogen-bond acceptors (Lipinski definition) is 2. The summed E-state index contributed by atoms with van der Waals surface area (Å²) in [5.41, 5.74) is 0. The van der Waals surface area contributed by atoms with Gasteiger partial charge in [-0.25, -0.2) is 0 Å². The molecule has 0 amide bonds. The summed E-state index contributed by atoms with van der Waals surface area (Å²) in [6.45, 7) is 0. The van der Waals surface area contributed by atoms with Crippen LogP contribution in [0.4, 0.5) is 43.9 Å². The Bertz CT molecular complexity index is 384. The van der Waals surface area contributed by atoms with Gasteiger partial charge in [0.15, 0.2) is 0 Å². The number of hydrogen-bond donors (Lipinski definition) is 0. The lowest BCUT2D eigenvalue weighted by atomic mass is 10.2. The highest BCUT2D eigenvalue weighted by Crippen LogP contribution is 2.64. The molecule has 0 N–H and O–H groups in total. The van der Waals surface area contributed by atoms with E-state index in [4.69, 9.17) is 0 Å². The van der Waals surface area contributed by atoms with Crippen molar-refractivity contribution in [1.29, 1.82) is 0 Å². The van der Waals surface area contributed by atoms with Crippen LogP contribution in [0.25, 0.3) is 0 Å². The smallest absolute Gasteiger partial charge is 0.298 e. The lowest BCUT2D eigenvalue weighted by Crippen LogP contribution is -2.59. The maximum atomic E-state index is 13.3. The predicted molar refractivity (Wildman–Crippen MR) is 41.3 cm³/mol. The Kier molecular flexibility index (Phi) is 3.72. The number of halogens is 12. The predicted octanol–water partition coefficient (Wildman–Crippen LogP) is 4.21. The summed E-state index contributed by atoms with van der Waals surface area (Å²) < 4.78 is 130. The third-order valence-electron chi connectivity index (χ3n) is 2.04. The van der Waals surface area contributed by atoms with E-state index < -0.39 is 34.7 Å². The molecule has 0 aliphatic carbocycles. The van der Waals surface area contributed by atoms with Gasteiger partial charge in [0.25, 0.3) is 0 Å². The first-order valence-corrected chi connectivity index (χ1v) is 4.84. The molecule has 2 atom stereocenters. The quantitative estimate of drug-likeness (QED) is 0.473. The molecular formula is C6Cl2F10O2. The van der Waals surface area contributed by atoms with E-state index in [1.54, 1.807) is 0 Å². The number of alkyl halides is 12. The maximum Gasteiger partial charge on any atom is 0.453 e. The standard InChI is InChI=1S/C6Cl2F10O2/c7-1(4(10,11)12)3(8,9)20-2(19-1,5(13,14)15)6(16,17)18. The van der Waals surface area contributed by atoms with Crippen molar-refractivity contribution in [3.05, 3.63) is 0 Å². The van der Waals surface area contributed by atoms with Crippen molar-refractivity contribution in [2.45, 2.75) is 34.7 Å². The van der Waals surface area contributed by atoms with Crippen molar-refractivity contribution < 1.29 is 53.4 Å². The molecule has 14 heteroatoms. The van der Waals surface area contributed by atoms with E-state index in [2.05, 4.69) is 32.7 Å². The third-order valence-corrected chi connectivity index (χ3v) is 3.02. The van der Waals surface area contributed by atoms with Crippen molar-refractivity contribution in [3.63, 3.8) is 0 Å². The highest BCUT2D eigenvalue weighted by atomic mass is 35.5. The first-order valence-electron chi connectivity index (χ1n) is 4.08. The van der Waals surface area contributed by atoms with Gasteiger partial charge in [-0.2, -0.15) is 43.9 Å². The van der Waals surface area contributed by atoms with Gasteiger partial charge in [0.05, 0.1) is 0 Å². The summed E-state index contributed by atoms with van der Waals surface area (Å²) >= 11 is 8.65. The fourth-order valence-electron chi connectivity index (χ4n) is 1.14. The molecule has 2 nitrogen and oxygen atoms in total. The third kappa shape index (κ3) is 2.20. The van der Waals surface area contributed by atoms with Gasteiger partial charge in [0.2, 0.25) is 0 Å². The van der Waals surface area contributed by atoms with Gasteiger partial charge in [-0.15, -0.1) is 0 Å². The van der Waals surface area contributed by atoms with Crippen LogP contribution in [-0.4, -0.2) is 34.7 Å². The van der Waals surface area contributed by atoms with Gasteiger partial charge in [-0.3, -0.25) is 9.47 Å². The van der Waals surface area contributed by atoms with Gasteiger partial charge in [-0.1, -0.05) is 11.6 Å². The summed E-state index contributed by atoms with van der Waals surface area (Å²) in [4.78, 5) is 0. The molecule has 1 saturated heterocycles. The molecule has 0 bridgehead atoms. The molecule has 0 aromatic heterocycles. The Morgan fingerprint density at radius 3 is 1.15 bits per heavy atom. The van der Waals surface area contributed by atoms with Crippen molar-refractivity contribution in [2.75, 3.05) is 0 Å². The lowest BCUT2D eigenvalue weighted by Gasteiger charge is -2.32. The molecule has 1 fully saturated rings. The minimum absolute atomic E-state index is 2.68. The van der Waals surface area contributed by atoms with Crippen LogP contribution in [0.15, 0.2) is 0 Å². The molecule has 1 aliphatic heterocycles. The minimum Gasteiger partial charge on any atom is -0.298 e. The molecule has 0 radical (unpaired) electrons.